The van der Waals surface area contributed by atoms with Crippen LogP contribution in [-0.2, 0) is 18.5 Å². The second kappa shape index (κ2) is 7.33. The zero-order valence-corrected chi connectivity index (χ0v) is 13.0. The number of benzene rings is 1. The lowest BCUT2D eigenvalue weighted by Crippen LogP contribution is -2.24. The summed E-state index contributed by atoms with van der Waals surface area (Å²) in [5.41, 5.74) is 1.33. The molecule has 11 heteroatoms. The highest BCUT2D eigenvalue weighted by molar-refractivity contribution is 8.12. The largest absolute Gasteiger partial charge is 0.368 e. The molecule has 0 aliphatic carbocycles. The van der Waals surface area contributed by atoms with E-state index in [1.54, 1.807) is 0 Å². The third-order valence-corrected chi connectivity index (χ3v) is 3.38. The molecule has 1 N–H and O–H groups in total. The Bertz CT molecular complexity index is 761. The van der Waals surface area contributed by atoms with Gasteiger partial charge in [0.2, 0.25) is 0 Å². The molecule has 0 spiro atoms. The zero-order valence-electron chi connectivity index (χ0n) is 12.2. The second-order valence-electron chi connectivity index (χ2n) is 4.32. The molecule has 0 aliphatic heterocycles. The van der Waals surface area contributed by atoms with Crippen LogP contribution in [-0.4, -0.2) is 31.3 Å². The Labute approximate surface area is 133 Å². The number of alkyl halides is 2. The first-order valence-electron chi connectivity index (χ1n) is 6.30. The van der Waals surface area contributed by atoms with Gasteiger partial charge in [-0.2, -0.15) is 9.36 Å². The van der Waals surface area contributed by atoms with E-state index in [9.17, 15) is 18.4 Å². The highest BCUT2D eigenvalue weighted by Crippen LogP contribution is 2.27. The number of rotatable bonds is 5. The van der Waals surface area contributed by atoms with Crippen molar-refractivity contribution in [2.24, 2.45) is 7.05 Å². The van der Waals surface area contributed by atoms with Crippen LogP contribution in [0, 0.1) is 0 Å². The van der Waals surface area contributed by atoms with Crippen molar-refractivity contribution in [3.8, 4) is 5.69 Å². The summed E-state index contributed by atoms with van der Waals surface area (Å²) in [6.45, 7) is -0.356. The van der Waals surface area contributed by atoms with Gasteiger partial charge in [-0.3, -0.25) is 9.63 Å². The van der Waals surface area contributed by atoms with Crippen LogP contribution >= 0.6 is 11.8 Å². The number of thioether (sulfide) groups is 1. The van der Waals surface area contributed by atoms with E-state index in [2.05, 4.69) is 15.9 Å². The van der Waals surface area contributed by atoms with E-state index in [-0.39, 0.29) is 23.4 Å². The molecule has 0 aliphatic rings. The highest BCUT2D eigenvalue weighted by atomic mass is 32.2. The maximum absolute atomic E-state index is 13.2. The first-order valence-corrected chi connectivity index (χ1v) is 7.53. The summed E-state index contributed by atoms with van der Waals surface area (Å²) < 4.78 is 28.3. The van der Waals surface area contributed by atoms with Crippen LogP contribution in [0.5, 0.6) is 0 Å². The molecule has 1 aromatic carbocycles. The first-order chi connectivity index (χ1) is 11.0. The molecule has 124 valence electrons. The summed E-state index contributed by atoms with van der Waals surface area (Å²) in [6.07, 6.45) is -1.24. The third kappa shape index (κ3) is 3.74. The molecule has 23 heavy (non-hydrogen) atoms. The molecular weight excluding hydrogens is 332 g/mol. The first kappa shape index (κ1) is 17.1. The fourth-order valence-electron chi connectivity index (χ4n) is 1.83. The predicted octanol–water partition coefficient (Wildman–Crippen LogP) is 1.41. The van der Waals surface area contributed by atoms with Gasteiger partial charge in [0.15, 0.2) is 0 Å². The average molecular weight is 345 g/mol. The number of carbonyl (C=O) groups is 1. The summed E-state index contributed by atoms with van der Waals surface area (Å²) in [5.74, 6) is 0. The van der Waals surface area contributed by atoms with Gasteiger partial charge in [0.25, 0.3) is 6.43 Å². The van der Waals surface area contributed by atoms with Crippen molar-refractivity contribution in [3.63, 3.8) is 0 Å². The Morgan fingerprint density at radius 2 is 2.17 bits per heavy atom. The standard InChI is InChI=1S/C12H13F2N5O3S/c1-18-12(21)19(17-16-18)9-5-3-4-7(10(13)14)8(9)6-22-15-11(20)23-2/h3-5,10H,6H2,1-2H3,(H,15,20). The number of nitrogens with zero attached hydrogens (tertiary/aromatic N) is 4. The second-order valence-corrected chi connectivity index (χ2v) is 5.10. The highest BCUT2D eigenvalue weighted by Gasteiger charge is 2.20. The van der Waals surface area contributed by atoms with Gasteiger partial charge in [-0.1, -0.05) is 23.9 Å². The van der Waals surface area contributed by atoms with Crippen molar-refractivity contribution in [3.05, 3.63) is 39.8 Å². The minimum absolute atomic E-state index is 0.0338. The van der Waals surface area contributed by atoms with Crippen molar-refractivity contribution in [1.82, 2.24) is 25.3 Å². The Morgan fingerprint density at radius 3 is 2.74 bits per heavy atom. The van der Waals surface area contributed by atoms with Gasteiger partial charge in [-0.25, -0.2) is 19.1 Å². The molecule has 1 aromatic heterocycles. The lowest BCUT2D eigenvalue weighted by molar-refractivity contribution is 0.0546. The van der Waals surface area contributed by atoms with E-state index in [4.69, 9.17) is 4.84 Å². The van der Waals surface area contributed by atoms with Crippen LogP contribution in [0.2, 0.25) is 0 Å². The van der Waals surface area contributed by atoms with Crippen LogP contribution < -0.4 is 11.2 Å². The van der Waals surface area contributed by atoms with Crippen LogP contribution in [0.25, 0.3) is 5.69 Å². The Hall–Kier alpha value is -2.27. The molecule has 2 aromatic rings. The minimum Gasteiger partial charge on any atom is -0.268 e. The van der Waals surface area contributed by atoms with E-state index in [0.29, 0.717) is 0 Å². The Kier molecular flexibility index (Phi) is 5.45. The topological polar surface area (TPSA) is 91.0 Å². The maximum atomic E-state index is 13.2. The lowest BCUT2D eigenvalue weighted by atomic mass is 10.1. The molecule has 8 nitrogen and oxygen atoms in total. The molecule has 1 heterocycles. The van der Waals surface area contributed by atoms with Crippen molar-refractivity contribution in [2.45, 2.75) is 13.0 Å². The van der Waals surface area contributed by atoms with Crippen LogP contribution in [0.4, 0.5) is 13.6 Å². The SMILES string of the molecule is CSC(=O)NOCc1c(C(F)F)cccc1-n1nnn(C)c1=O. The number of amides is 1. The number of tetrazole rings is 1. The smallest absolute Gasteiger partial charge is 0.268 e. The van der Waals surface area contributed by atoms with E-state index >= 15 is 0 Å². The quantitative estimate of drug-likeness (QED) is 0.824. The van der Waals surface area contributed by atoms with Gasteiger partial charge >= 0.3 is 10.9 Å². The van der Waals surface area contributed by atoms with E-state index in [1.807, 2.05) is 0 Å². The van der Waals surface area contributed by atoms with Crippen molar-refractivity contribution < 1.29 is 18.4 Å². The maximum Gasteiger partial charge on any atom is 0.368 e. The van der Waals surface area contributed by atoms with Crippen molar-refractivity contribution in [2.75, 3.05) is 6.26 Å². The number of hydrogen-bond acceptors (Lipinski definition) is 6. The molecule has 0 radical (unpaired) electrons. The van der Waals surface area contributed by atoms with Gasteiger partial charge in [0.1, 0.15) is 6.61 Å². The number of nitrogens with one attached hydrogen (secondary N) is 1. The number of halogens is 2. The number of aromatic nitrogens is 4. The number of hydroxylamine groups is 1. The van der Waals surface area contributed by atoms with Gasteiger partial charge in [0.05, 0.1) is 5.69 Å². The molecule has 1 amide bonds. The summed E-state index contributed by atoms with van der Waals surface area (Å²) in [5, 5.41) is 6.70. The van der Waals surface area contributed by atoms with Crippen LogP contribution in [0.1, 0.15) is 17.6 Å². The molecule has 0 bridgehead atoms. The van der Waals surface area contributed by atoms with E-state index in [0.717, 1.165) is 21.1 Å². The fraction of sp³-hybridized carbons (Fsp3) is 0.333. The van der Waals surface area contributed by atoms with Gasteiger partial charge in [-0.05, 0) is 22.7 Å². The van der Waals surface area contributed by atoms with Gasteiger partial charge in [-0.15, -0.1) is 0 Å². The molecule has 0 unspecified atom stereocenters. The molecule has 0 atom stereocenters. The Balaban J connectivity index is 2.42. The number of aryl methyl sites for hydroxylation is 1. The van der Waals surface area contributed by atoms with Gasteiger partial charge in [0, 0.05) is 18.2 Å². The monoisotopic (exact) mass is 345 g/mol. The Morgan fingerprint density at radius 1 is 1.43 bits per heavy atom. The molecule has 0 fully saturated rings. The lowest BCUT2D eigenvalue weighted by Gasteiger charge is -2.13. The molecule has 0 saturated carbocycles. The van der Waals surface area contributed by atoms with Crippen molar-refractivity contribution >= 4 is 17.0 Å². The molecular formula is C12H13F2N5O3S. The predicted molar refractivity (Wildman–Crippen MR) is 78.4 cm³/mol. The molecule has 0 saturated heterocycles. The minimum atomic E-state index is -2.78. The summed E-state index contributed by atoms with van der Waals surface area (Å²) in [7, 11) is 1.39. The van der Waals surface area contributed by atoms with Crippen LogP contribution in [0.3, 0.4) is 0 Å². The number of carbonyl (C=O) groups excluding carboxylic acids is 1. The van der Waals surface area contributed by atoms with Crippen molar-refractivity contribution in [1.29, 1.82) is 0 Å². The fourth-order valence-corrected chi connectivity index (χ4v) is 1.97. The average Bonchev–Trinajstić information content (AvgIpc) is 2.86. The van der Waals surface area contributed by atoms with E-state index < -0.39 is 17.4 Å². The van der Waals surface area contributed by atoms with Gasteiger partial charge < -0.3 is 0 Å². The molecule has 2 rings (SSSR count). The number of hydrogen-bond donors (Lipinski definition) is 1. The van der Waals surface area contributed by atoms with Crippen LogP contribution in [0.15, 0.2) is 23.0 Å². The zero-order chi connectivity index (χ0) is 17.0. The summed E-state index contributed by atoms with van der Waals surface area (Å²) >= 11 is 0.873. The van der Waals surface area contributed by atoms with E-state index in [1.165, 1.54) is 31.5 Å². The summed E-state index contributed by atoms with van der Waals surface area (Å²) in [4.78, 5) is 28.0. The summed E-state index contributed by atoms with van der Waals surface area (Å²) in [6, 6.07) is 4.03. The third-order valence-electron chi connectivity index (χ3n) is 2.93. The normalized spacial score (nSPS) is 11.0.